The summed E-state index contributed by atoms with van der Waals surface area (Å²) in [5.74, 6) is -3.81. The van der Waals surface area contributed by atoms with Gasteiger partial charge in [0.25, 0.3) is 0 Å². The maximum Gasteiger partial charge on any atom is 1.00 e. The molecule has 18 heavy (non-hydrogen) atoms. The van der Waals surface area contributed by atoms with Crippen molar-refractivity contribution in [2.45, 2.75) is 45.4 Å². The van der Waals surface area contributed by atoms with Crippen LogP contribution in [0.3, 0.4) is 0 Å². The first-order chi connectivity index (χ1) is 7.57. The summed E-state index contributed by atoms with van der Waals surface area (Å²) in [4.78, 5) is 20.8. The molecule has 0 aliphatic heterocycles. The molecule has 92 valence electrons. The van der Waals surface area contributed by atoms with E-state index < -0.39 is 24.3 Å². The zero-order valence-corrected chi connectivity index (χ0v) is 17.9. The van der Waals surface area contributed by atoms with E-state index in [4.69, 9.17) is 0 Å². The second-order valence-corrected chi connectivity index (χ2v) is 3.78. The van der Waals surface area contributed by atoms with Crippen molar-refractivity contribution in [1.29, 1.82) is 0 Å². The van der Waals surface area contributed by atoms with Crippen molar-refractivity contribution in [1.82, 2.24) is 0 Å². The van der Waals surface area contributed by atoms with Gasteiger partial charge in [0.15, 0.2) is 0 Å². The van der Waals surface area contributed by atoms with Crippen molar-refractivity contribution in [3.05, 3.63) is 12.2 Å². The number of allylic oxidation sites excluding steroid dienone is 1. The first-order valence-corrected chi connectivity index (χ1v) is 5.65. The third-order valence-corrected chi connectivity index (χ3v) is 2.28. The summed E-state index contributed by atoms with van der Waals surface area (Å²) in [5, 5.41) is 20.8. The van der Waals surface area contributed by atoms with Gasteiger partial charge in [-0.2, -0.15) is 0 Å². The predicted molar refractivity (Wildman–Crippen MR) is 56.0 cm³/mol. The van der Waals surface area contributed by atoms with Crippen LogP contribution in [-0.4, -0.2) is 11.9 Å². The maximum atomic E-state index is 10.5. The van der Waals surface area contributed by atoms with Gasteiger partial charge in [0.05, 0.1) is 0 Å². The Hall–Kier alpha value is 1.95. The minimum Gasteiger partial charge on any atom is -0.550 e. The van der Waals surface area contributed by atoms with Crippen LogP contribution in [0.2, 0.25) is 0 Å². The Labute approximate surface area is 194 Å². The van der Waals surface area contributed by atoms with E-state index in [1.165, 1.54) is 6.08 Å². The number of rotatable bonds is 9. The van der Waals surface area contributed by atoms with Gasteiger partial charge in [0.2, 0.25) is 0 Å². The number of unbranched alkanes of at least 4 members (excludes halogenated alkanes) is 4. The molecule has 0 aromatic carbocycles. The van der Waals surface area contributed by atoms with Crippen LogP contribution in [0, 0.1) is 5.92 Å². The topological polar surface area (TPSA) is 80.3 Å². The number of carboxylic acids is 2. The van der Waals surface area contributed by atoms with E-state index in [9.17, 15) is 19.8 Å². The summed E-state index contributed by atoms with van der Waals surface area (Å²) in [6, 6.07) is 0. The van der Waals surface area contributed by atoms with Gasteiger partial charge in [0.1, 0.15) is 0 Å². The van der Waals surface area contributed by atoms with Crippen molar-refractivity contribution < 1.29 is 123 Å². The first kappa shape index (κ1) is 24.9. The van der Waals surface area contributed by atoms with Crippen LogP contribution in [0.25, 0.3) is 0 Å². The Balaban J connectivity index is -0.00000112. The fourth-order valence-electron chi connectivity index (χ4n) is 1.36. The van der Waals surface area contributed by atoms with Gasteiger partial charge in [-0.3, -0.25) is 0 Å². The summed E-state index contributed by atoms with van der Waals surface area (Å²) in [6.45, 7) is 2.11. The molecule has 0 saturated carbocycles. The Morgan fingerprint density at radius 1 is 1.11 bits per heavy atom. The second-order valence-electron chi connectivity index (χ2n) is 3.78. The number of carboxylic acid groups (broad SMARTS) is 2. The van der Waals surface area contributed by atoms with Gasteiger partial charge < -0.3 is 19.8 Å². The molecule has 0 rings (SSSR count). The van der Waals surface area contributed by atoms with E-state index >= 15 is 0 Å². The van der Waals surface area contributed by atoms with Crippen LogP contribution in [0.4, 0.5) is 0 Å². The molecule has 0 saturated heterocycles. The van der Waals surface area contributed by atoms with Gasteiger partial charge in [-0.15, -0.1) is 0 Å². The van der Waals surface area contributed by atoms with Gasteiger partial charge in [-0.05, 0) is 19.3 Å². The third kappa shape index (κ3) is 16.0. The SMILES string of the molecule is CCCCCC/C=C/C(CC(=O)[O-])C(=O)[O-].[K+].[K+]. The summed E-state index contributed by atoms with van der Waals surface area (Å²) >= 11 is 0. The fourth-order valence-corrected chi connectivity index (χ4v) is 1.36. The fraction of sp³-hybridized carbons (Fsp3) is 0.667. The number of aliphatic carboxylic acids is 2. The Morgan fingerprint density at radius 3 is 2.17 bits per heavy atom. The molecule has 6 heteroatoms. The summed E-state index contributed by atoms with van der Waals surface area (Å²) in [5.41, 5.74) is 0. The minimum atomic E-state index is -1.37. The van der Waals surface area contributed by atoms with Gasteiger partial charge in [0, 0.05) is 17.9 Å². The van der Waals surface area contributed by atoms with Crippen molar-refractivity contribution in [2.24, 2.45) is 5.92 Å². The Kier molecular flexibility index (Phi) is 23.6. The van der Waals surface area contributed by atoms with Crippen LogP contribution in [-0.2, 0) is 9.59 Å². The predicted octanol–water partition coefficient (Wildman–Crippen LogP) is -5.97. The monoisotopic (exact) mass is 304 g/mol. The van der Waals surface area contributed by atoms with Crippen molar-refractivity contribution in [3.8, 4) is 0 Å². The zero-order valence-electron chi connectivity index (χ0n) is 11.6. The normalized spacial score (nSPS) is 11.4. The molecule has 1 atom stereocenters. The third-order valence-electron chi connectivity index (χ3n) is 2.28. The number of carbonyl (C=O) groups excluding carboxylic acids is 2. The smallest absolute Gasteiger partial charge is 0.550 e. The number of hydrogen-bond acceptors (Lipinski definition) is 4. The molecular formula is C12H18K2O4. The molecule has 0 aromatic heterocycles. The van der Waals surface area contributed by atoms with E-state index in [1.54, 1.807) is 6.08 Å². The van der Waals surface area contributed by atoms with E-state index in [1.807, 2.05) is 0 Å². The van der Waals surface area contributed by atoms with Gasteiger partial charge >= 0.3 is 103 Å². The van der Waals surface area contributed by atoms with Gasteiger partial charge in [-0.1, -0.05) is 38.3 Å². The molecule has 0 aromatic rings. The van der Waals surface area contributed by atoms with E-state index in [2.05, 4.69) is 6.92 Å². The molecule has 0 aliphatic carbocycles. The Morgan fingerprint density at radius 2 is 1.72 bits per heavy atom. The molecular weight excluding hydrogens is 286 g/mol. The largest absolute Gasteiger partial charge is 1.00 e. The standard InChI is InChI=1S/C12H20O4.2K/c1-2-3-4-5-6-7-8-10(12(15)16)9-11(13)14;;/h7-8,10H,2-6,9H2,1H3,(H,13,14)(H,15,16);;/q;2*+1/p-2/b8-7+;;. The molecule has 0 spiro atoms. The average Bonchev–Trinajstić information content (AvgIpc) is 2.20. The van der Waals surface area contributed by atoms with Crippen LogP contribution in [0.15, 0.2) is 12.2 Å². The minimum absolute atomic E-state index is 0. The molecule has 0 heterocycles. The van der Waals surface area contributed by atoms with Crippen LogP contribution >= 0.6 is 0 Å². The molecule has 1 unspecified atom stereocenters. The summed E-state index contributed by atoms with van der Waals surface area (Å²) in [6.07, 6.45) is 7.76. The van der Waals surface area contributed by atoms with Gasteiger partial charge in [-0.25, -0.2) is 0 Å². The molecule has 0 amide bonds. The van der Waals surface area contributed by atoms with E-state index in [0.717, 1.165) is 32.1 Å². The molecule has 0 radical (unpaired) electrons. The number of hydrogen-bond donors (Lipinski definition) is 0. The molecule has 0 aliphatic rings. The second kappa shape index (κ2) is 17.0. The van der Waals surface area contributed by atoms with Crippen molar-refractivity contribution in [2.75, 3.05) is 0 Å². The summed E-state index contributed by atoms with van der Waals surface area (Å²) in [7, 11) is 0. The molecule has 0 fully saturated rings. The zero-order chi connectivity index (χ0) is 12.4. The first-order valence-electron chi connectivity index (χ1n) is 5.65. The quantitative estimate of drug-likeness (QED) is 0.241. The number of carbonyl (C=O) groups is 2. The molecule has 0 bridgehead atoms. The van der Waals surface area contributed by atoms with E-state index in [0.29, 0.717) is 0 Å². The van der Waals surface area contributed by atoms with Crippen LogP contribution in [0.1, 0.15) is 45.4 Å². The van der Waals surface area contributed by atoms with Crippen LogP contribution < -0.4 is 113 Å². The average molecular weight is 304 g/mol. The van der Waals surface area contributed by atoms with Crippen LogP contribution in [0.5, 0.6) is 0 Å². The summed E-state index contributed by atoms with van der Waals surface area (Å²) < 4.78 is 0. The van der Waals surface area contributed by atoms with Crippen molar-refractivity contribution in [3.63, 3.8) is 0 Å². The maximum absolute atomic E-state index is 10.5. The van der Waals surface area contributed by atoms with E-state index in [-0.39, 0.29) is 103 Å². The van der Waals surface area contributed by atoms with Crippen molar-refractivity contribution >= 4 is 11.9 Å². The molecule has 4 nitrogen and oxygen atoms in total. The molecule has 0 N–H and O–H groups in total. The Bertz CT molecular complexity index is 254.